The molecule has 3 atom stereocenters. The van der Waals surface area contributed by atoms with Crippen molar-refractivity contribution in [1.29, 1.82) is 0 Å². The Kier molecular flexibility index (Phi) is 4.51. The maximum atomic E-state index is 6.22. The van der Waals surface area contributed by atoms with Crippen LogP contribution in [0.15, 0.2) is 47.3 Å². The number of furan rings is 1. The van der Waals surface area contributed by atoms with Crippen molar-refractivity contribution in [3.05, 3.63) is 59.9 Å². The summed E-state index contributed by atoms with van der Waals surface area (Å²) in [5.41, 5.74) is 2.96. The van der Waals surface area contributed by atoms with Crippen LogP contribution in [0, 0.1) is 12.8 Å². The smallest absolute Gasteiger partial charge is 0.159 e. The lowest BCUT2D eigenvalue weighted by Gasteiger charge is -2.14. The zero-order valence-electron chi connectivity index (χ0n) is 14.5. The van der Waals surface area contributed by atoms with E-state index in [2.05, 4.69) is 29.0 Å². The van der Waals surface area contributed by atoms with E-state index in [-0.39, 0.29) is 12.2 Å². The zero-order chi connectivity index (χ0) is 17.2. The molecule has 0 saturated carbocycles. The first kappa shape index (κ1) is 16.2. The van der Waals surface area contributed by atoms with Crippen molar-refractivity contribution < 1.29 is 13.9 Å². The SMILES string of the molecule is Cc1ncnc2c(C3OC(COCc4ccccc4)CC3C)occ12. The fourth-order valence-corrected chi connectivity index (χ4v) is 3.45. The average molecular weight is 338 g/mol. The van der Waals surface area contributed by atoms with Gasteiger partial charge in [-0.2, -0.15) is 0 Å². The fourth-order valence-electron chi connectivity index (χ4n) is 3.45. The predicted octanol–water partition coefficient (Wildman–Crippen LogP) is 4.21. The lowest BCUT2D eigenvalue weighted by Crippen LogP contribution is -2.14. The van der Waals surface area contributed by atoms with Gasteiger partial charge in [-0.1, -0.05) is 37.3 Å². The highest BCUT2D eigenvalue weighted by atomic mass is 16.5. The number of ether oxygens (including phenoxy) is 2. The summed E-state index contributed by atoms with van der Waals surface area (Å²) in [7, 11) is 0. The van der Waals surface area contributed by atoms with Gasteiger partial charge in [0.2, 0.25) is 0 Å². The van der Waals surface area contributed by atoms with Crippen LogP contribution in [0.25, 0.3) is 10.9 Å². The van der Waals surface area contributed by atoms with Crippen LogP contribution in [0.1, 0.15) is 36.5 Å². The Balaban J connectivity index is 1.41. The van der Waals surface area contributed by atoms with Crippen LogP contribution < -0.4 is 0 Å². The van der Waals surface area contributed by atoms with Crippen LogP contribution in [0.2, 0.25) is 0 Å². The fraction of sp³-hybridized carbons (Fsp3) is 0.400. The third-order valence-electron chi connectivity index (χ3n) is 4.78. The van der Waals surface area contributed by atoms with E-state index >= 15 is 0 Å². The van der Waals surface area contributed by atoms with Crippen LogP contribution >= 0.6 is 0 Å². The van der Waals surface area contributed by atoms with E-state index in [1.165, 1.54) is 5.56 Å². The van der Waals surface area contributed by atoms with Gasteiger partial charge >= 0.3 is 0 Å². The molecule has 0 radical (unpaired) electrons. The molecule has 1 saturated heterocycles. The summed E-state index contributed by atoms with van der Waals surface area (Å²) in [6, 6.07) is 10.2. The van der Waals surface area contributed by atoms with Crippen molar-refractivity contribution >= 4 is 10.9 Å². The maximum Gasteiger partial charge on any atom is 0.159 e. The van der Waals surface area contributed by atoms with Crippen molar-refractivity contribution in [2.24, 2.45) is 5.92 Å². The molecule has 25 heavy (non-hydrogen) atoms. The molecule has 2 aromatic heterocycles. The molecule has 3 unspecified atom stereocenters. The first-order valence-corrected chi connectivity index (χ1v) is 8.68. The van der Waals surface area contributed by atoms with Gasteiger partial charge in [0.15, 0.2) is 5.76 Å². The first-order valence-electron chi connectivity index (χ1n) is 8.68. The summed E-state index contributed by atoms with van der Waals surface area (Å²) in [5.74, 6) is 1.16. The number of nitrogens with zero attached hydrogens (tertiary/aromatic N) is 2. The lowest BCUT2D eigenvalue weighted by molar-refractivity contribution is -0.0297. The second kappa shape index (κ2) is 6.94. The molecule has 5 nitrogen and oxygen atoms in total. The molecule has 0 spiro atoms. The quantitative estimate of drug-likeness (QED) is 0.697. The third kappa shape index (κ3) is 3.30. The van der Waals surface area contributed by atoms with Crippen LogP contribution in [-0.4, -0.2) is 22.7 Å². The van der Waals surface area contributed by atoms with Gasteiger partial charge in [0.25, 0.3) is 0 Å². The first-order chi connectivity index (χ1) is 12.2. The van der Waals surface area contributed by atoms with Crippen molar-refractivity contribution in [1.82, 2.24) is 9.97 Å². The van der Waals surface area contributed by atoms with E-state index in [0.717, 1.165) is 28.8 Å². The Morgan fingerprint density at radius 1 is 1.20 bits per heavy atom. The van der Waals surface area contributed by atoms with Crippen LogP contribution in [0.4, 0.5) is 0 Å². The van der Waals surface area contributed by atoms with Gasteiger partial charge in [0, 0.05) is 0 Å². The Morgan fingerprint density at radius 2 is 2.04 bits per heavy atom. The Morgan fingerprint density at radius 3 is 2.88 bits per heavy atom. The van der Waals surface area contributed by atoms with Crippen molar-refractivity contribution in [3.8, 4) is 0 Å². The average Bonchev–Trinajstić information content (AvgIpc) is 3.20. The van der Waals surface area contributed by atoms with Crippen LogP contribution in [0.3, 0.4) is 0 Å². The molecule has 0 N–H and O–H groups in total. The third-order valence-corrected chi connectivity index (χ3v) is 4.78. The molecule has 0 bridgehead atoms. The zero-order valence-corrected chi connectivity index (χ0v) is 14.5. The minimum absolute atomic E-state index is 0.0757. The summed E-state index contributed by atoms with van der Waals surface area (Å²) in [6.45, 7) is 5.34. The molecular weight excluding hydrogens is 316 g/mol. The molecule has 130 valence electrons. The van der Waals surface area contributed by atoms with Gasteiger partial charge in [0.1, 0.15) is 24.2 Å². The van der Waals surface area contributed by atoms with Crippen LogP contribution in [0.5, 0.6) is 0 Å². The maximum absolute atomic E-state index is 6.22. The molecule has 0 amide bonds. The monoisotopic (exact) mass is 338 g/mol. The van der Waals surface area contributed by atoms with Gasteiger partial charge < -0.3 is 13.9 Å². The highest BCUT2D eigenvalue weighted by molar-refractivity contribution is 5.82. The van der Waals surface area contributed by atoms with Gasteiger partial charge in [0.05, 0.1) is 30.4 Å². The lowest BCUT2D eigenvalue weighted by atomic mass is 9.99. The van der Waals surface area contributed by atoms with Crippen molar-refractivity contribution in [2.75, 3.05) is 6.61 Å². The molecule has 4 rings (SSSR count). The second-order valence-corrected chi connectivity index (χ2v) is 6.71. The van der Waals surface area contributed by atoms with Crippen LogP contribution in [-0.2, 0) is 16.1 Å². The molecule has 1 aliphatic heterocycles. The minimum atomic E-state index is -0.0860. The van der Waals surface area contributed by atoms with Gasteiger partial charge in [-0.3, -0.25) is 0 Å². The minimum Gasteiger partial charge on any atom is -0.463 e. The number of hydrogen-bond donors (Lipinski definition) is 0. The molecule has 3 heterocycles. The van der Waals surface area contributed by atoms with E-state index in [1.807, 2.05) is 25.1 Å². The topological polar surface area (TPSA) is 57.4 Å². The normalized spacial score (nSPS) is 23.4. The summed E-state index contributed by atoms with van der Waals surface area (Å²) in [4.78, 5) is 8.61. The second-order valence-electron chi connectivity index (χ2n) is 6.71. The largest absolute Gasteiger partial charge is 0.463 e. The van der Waals surface area contributed by atoms with Gasteiger partial charge in [-0.25, -0.2) is 9.97 Å². The Hall–Kier alpha value is -2.24. The highest BCUT2D eigenvalue weighted by Gasteiger charge is 2.36. The van der Waals surface area contributed by atoms with E-state index in [9.17, 15) is 0 Å². The summed E-state index contributed by atoms with van der Waals surface area (Å²) in [5, 5.41) is 0.956. The number of rotatable bonds is 5. The molecule has 0 aliphatic carbocycles. The number of aromatic nitrogens is 2. The van der Waals surface area contributed by atoms with Crippen molar-refractivity contribution in [2.45, 2.75) is 39.1 Å². The Labute approximate surface area is 147 Å². The molecule has 5 heteroatoms. The molecular formula is C20H22N2O3. The number of aryl methyl sites for hydroxylation is 1. The van der Waals surface area contributed by atoms with Gasteiger partial charge in [-0.15, -0.1) is 0 Å². The van der Waals surface area contributed by atoms with Crippen molar-refractivity contribution in [3.63, 3.8) is 0 Å². The summed E-state index contributed by atoms with van der Waals surface area (Å²) in [6.07, 6.45) is 4.25. The van der Waals surface area contributed by atoms with E-state index in [1.54, 1.807) is 12.6 Å². The number of fused-ring (bicyclic) bond motifs is 1. The summed E-state index contributed by atoms with van der Waals surface area (Å²) >= 11 is 0. The molecule has 3 aromatic rings. The molecule has 1 aliphatic rings. The summed E-state index contributed by atoms with van der Waals surface area (Å²) < 4.78 is 17.9. The van der Waals surface area contributed by atoms with E-state index in [4.69, 9.17) is 13.9 Å². The molecule has 1 aromatic carbocycles. The van der Waals surface area contributed by atoms with Gasteiger partial charge in [-0.05, 0) is 24.8 Å². The van der Waals surface area contributed by atoms with E-state index in [0.29, 0.717) is 19.1 Å². The standard InChI is InChI=1S/C20H22N2O3/c1-13-8-16(10-23-9-15-6-4-3-5-7-15)25-19(13)20-18-17(11-24-20)14(2)21-12-22-18/h3-7,11-13,16,19H,8-10H2,1-2H3. The molecule has 1 fully saturated rings. The number of benzene rings is 1. The Bertz CT molecular complexity index is 847. The number of hydrogen-bond acceptors (Lipinski definition) is 5. The highest BCUT2D eigenvalue weighted by Crippen LogP contribution is 2.41. The predicted molar refractivity (Wildman–Crippen MR) is 94.0 cm³/mol. The van der Waals surface area contributed by atoms with E-state index < -0.39 is 0 Å².